The molecule has 0 unspecified atom stereocenters. The molecule has 3 heteroatoms. The van der Waals surface area contributed by atoms with Gasteiger partial charge >= 0.3 is 0 Å². The van der Waals surface area contributed by atoms with E-state index in [1.165, 1.54) is 0 Å². The van der Waals surface area contributed by atoms with E-state index in [2.05, 4.69) is 0 Å². The van der Waals surface area contributed by atoms with Crippen molar-refractivity contribution < 1.29 is 4.79 Å². The van der Waals surface area contributed by atoms with Crippen LogP contribution in [-0.4, -0.2) is 12.5 Å². The molecule has 0 aromatic heterocycles. The molecule has 3 rings (SSSR count). The van der Waals surface area contributed by atoms with Crippen molar-refractivity contribution in [2.45, 2.75) is 13.3 Å². The zero-order chi connectivity index (χ0) is 13.4. The molecule has 2 aromatic rings. The molecule has 0 spiro atoms. The Morgan fingerprint density at radius 1 is 1.21 bits per heavy atom. The fourth-order valence-electron chi connectivity index (χ4n) is 2.62. The van der Waals surface area contributed by atoms with Crippen molar-refractivity contribution in [2.24, 2.45) is 0 Å². The predicted octanol–water partition coefficient (Wildman–Crippen LogP) is 2.78. The van der Waals surface area contributed by atoms with Crippen molar-refractivity contribution in [3.8, 4) is 0 Å². The Kier molecular flexibility index (Phi) is 2.75. The zero-order valence-corrected chi connectivity index (χ0v) is 10.9. The third-order valence-corrected chi connectivity index (χ3v) is 3.54. The minimum absolute atomic E-state index is 0.0281. The van der Waals surface area contributed by atoms with Crippen molar-refractivity contribution in [3.05, 3.63) is 59.2 Å². The molecule has 1 amide bonds. The molecule has 0 saturated heterocycles. The third-order valence-electron chi connectivity index (χ3n) is 3.54. The maximum atomic E-state index is 12.6. The first-order valence-electron chi connectivity index (χ1n) is 6.43. The van der Waals surface area contributed by atoms with Crippen LogP contribution in [0.1, 0.15) is 21.5 Å². The van der Waals surface area contributed by atoms with Gasteiger partial charge in [0.1, 0.15) is 0 Å². The van der Waals surface area contributed by atoms with E-state index in [9.17, 15) is 4.79 Å². The van der Waals surface area contributed by atoms with Gasteiger partial charge in [0.15, 0.2) is 0 Å². The van der Waals surface area contributed by atoms with E-state index < -0.39 is 0 Å². The molecule has 1 aliphatic heterocycles. The largest absolute Gasteiger partial charge is 0.397 e. The summed E-state index contributed by atoms with van der Waals surface area (Å²) in [5.41, 5.74) is 10.5. The average molecular weight is 252 g/mol. The fourth-order valence-corrected chi connectivity index (χ4v) is 2.62. The van der Waals surface area contributed by atoms with Crippen molar-refractivity contribution in [2.75, 3.05) is 17.2 Å². The maximum Gasteiger partial charge on any atom is 0.258 e. The number of nitrogen functional groups attached to an aromatic ring is 1. The van der Waals surface area contributed by atoms with E-state index in [4.69, 9.17) is 5.73 Å². The van der Waals surface area contributed by atoms with E-state index >= 15 is 0 Å². The monoisotopic (exact) mass is 252 g/mol. The SMILES string of the molecule is Cc1cccc(C(=O)N2CCc3cccc(N)c32)c1. The van der Waals surface area contributed by atoms with Gasteiger partial charge in [0, 0.05) is 12.1 Å². The van der Waals surface area contributed by atoms with E-state index in [1.807, 2.05) is 49.4 Å². The number of rotatable bonds is 1. The number of amides is 1. The Labute approximate surface area is 112 Å². The highest BCUT2D eigenvalue weighted by Gasteiger charge is 2.27. The van der Waals surface area contributed by atoms with E-state index in [0.29, 0.717) is 12.2 Å². The summed E-state index contributed by atoms with van der Waals surface area (Å²) in [6, 6.07) is 13.5. The minimum Gasteiger partial charge on any atom is -0.397 e. The lowest BCUT2D eigenvalue weighted by Gasteiger charge is -2.19. The van der Waals surface area contributed by atoms with Crippen molar-refractivity contribution in [3.63, 3.8) is 0 Å². The van der Waals surface area contributed by atoms with Gasteiger partial charge in [-0.1, -0.05) is 29.8 Å². The molecule has 0 saturated carbocycles. The summed E-state index contributed by atoms with van der Waals surface area (Å²) in [4.78, 5) is 14.4. The third kappa shape index (κ3) is 1.97. The van der Waals surface area contributed by atoms with E-state index in [0.717, 1.165) is 28.8 Å². The van der Waals surface area contributed by atoms with Gasteiger partial charge < -0.3 is 10.6 Å². The number of para-hydroxylation sites is 1. The molecule has 3 nitrogen and oxygen atoms in total. The molecular weight excluding hydrogens is 236 g/mol. The highest BCUT2D eigenvalue weighted by molar-refractivity contribution is 6.09. The van der Waals surface area contributed by atoms with E-state index in [-0.39, 0.29) is 5.91 Å². The molecule has 2 aromatic carbocycles. The van der Waals surface area contributed by atoms with Crippen LogP contribution in [0.4, 0.5) is 11.4 Å². The maximum absolute atomic E-state index is 12.6. The highest BCUT2D eigenvalue weighted by atomic mass is 16.2. The second kappa shape index (κ2) is 4.43. The molecule has 19 heavy (non-hydrogen) atoms. The van der Waals surface area contributed by atoms with Crippen LogP contribution in [0.5, 0.6) is 0 Å². The Morgan fingerprint density at radius 3 is 2.79 bits per heavy atom. The van der Waals surface area contributed by atoms with Gasteiger partial charge in [0.25, 0.3) is 5.91 Å². The Balaban J connectivity index is 2.00. The molecule has 0 radical (unpaired) electrons. The van der Waals surface area contributed by atoms with Crippen LogP contribution >= 0.6 is 0 Å². The van der Waals surface area contributed by atoms with Crippen LogP contribution in [0.3, 0.4) is 0 Å². The van der Waals surface area contributed by atoms with Gasteiger partial charge in [0.05, 0.1) is 11.4 Å². The Morgan fingerprint density at radius 2 is 2.00 bits per heavy atom. The Hall–Kier alpha value is -2.29. The molecule has 0 aliphatic carbocycles. The molecule has 0 atom stereocenters. The van der Waals surface area contributed by atoms with Gasteiger partial charge in [0.2, 0.25) is 0 Å². The van der Waals surface area contributed by atoms with Crippen LogP contribution in [0, 0.1) is 6.92 Å². The number of nitrogens with two attached hydrogens (primary N) is 1. The Bertz CT molecular complexity index is 649. The molecule has 1 heterocycles. The van der Waals surface area contributed by atoms with Gasteiger partial charge in [-0.3, -0.25) is 4.79 Å². The highest BCUT2D eigenvalue weighted by Crippen LogP contribution is 2.34. The number of hydrogen-bond acceptors (Lipinski definition) is 2. The first kappa shape index (κ1) is 11.8. The smallest absolute Gasteiger partial charge is 0.258 e. The molecule has 0 fully saturated rings. The number of hydrogen-bond donors (Lipinski definition) is 1. The number of carbonyl (C=O) groups is 1. The normalized spacial score (nSPS) is 13.4. The van der Waals surface area contributed by atoms with Crippen molar-refractivity contribution in [1.29, 1.82) is 0 Å². The fraction of sp³-hybridized carbons (Fsp3) is 0.188. The standard InChI is InChI=1S/C16H16N2O/c1-11-4-2-6-13(10-11)16(19)18-9-8-12-5-3-7-14(17)15(12)18/h2-7,10H,8-9,17H2,1H3. The first-order valence-corrected chi connectivity index (χ1v) is 6.43. The van der Waals surface area contributed by atoms with Crippen LogP contribution in [0.25, 0.3) is 0 Å². The molecule has 1 aliphatic rings. The summed E-state index contributed by atoms with van der Waals surface area (Å²) < 4.78 is 0. The number of nitrogens with zero attached hydrogens (tertiary/aromatic N) is 1. The summed E-state index contributed by atoms with van der Waals surface area (Å²) in [6.07, 6.45) is 0.873. The lowest BCUT2D eigenvalue weighted by molar-refractivity contribution is 0.0989. The second-order valence-corrected chi connectivity index (χ2v) is 4.93. The average Bonchev–Trinajstić information content (AvgIpc) is 2.83. The van der Waals surface area contributed by atoms with Crippen LogP contribution in [0.15, 0.2) is 42.5 Å². The lowest BCUT2D eigenvalue weighted by atomic mass is 10.1. The van der Waals surface area contributed by atoms with Crippen molar-refractivity contribution in [1.82, 2.24) is 0 Å². The van der Waals surface area contributed by atoms with Crippen molar-refractivity contribution >= 4 is 17.3 Å². The predicted molar refractivity (Wildman–Crippen MR) is 77.4 cm³/mol. The molecular formula is C16H16N2O. The zero-order valence-electron chi connectivity index (χ0n) is 10.9. The first-order chi connectivity index (χ1) is 9.16. The van der Waals surface area contributed by atoms with Gasteiger partial charge in [-0.15, -0.1) is 0 Å². The molecule has 2 N–H and O–H groups in total. The second-order valence-electron chi connectivity index (χ2n) is 4.93. The molecule has 96 valence electrons. The minimum atomic E-state index is 0.0281. The molecule has 0 bridgehead atoms. The summed E-state index contributed by atoms with van der Waals surface area (Å²) in [7, 11) is 0. The number of anilines is 2. The number of carbonyl (C=O) groups excluding carboxylic acids is 1. The van der Waals surface area contributed by atoms with E-state index in [1.54, 1.807) is 4.90 Å². The number of aryl methyl sites for hydroxylation is 1. The van der Waals surface area contributed by atoms with Gasteiger partial charge in [-0.25, -0.2) is 0 Å². The van der Waals surface area contributed by atoms with Gasteiger partial charge in [-0.05, 0) is 37.1 Å². The summed E-state index contributed by atoms with van der Waals surface area (Å²) >= 11 is 0. The van der Waals surface area contributed by atoms with Gasteiger partial charge in [-0.2, -0.15) is 0 Å². The number of benzene rings is 2. The lowest BCUT2D eigenvalue weighted by Crippen LogP contribution is -2.29. The summed E-state index contributed by atoms with van der Waals surface area (Å²) in [5, 5.41) is 0. The summed E-state index contributed by atoms with van der Waals surface area (Å²) in [5.74, 6) is 0.0281. The quantitative estimate of drug-likeness (QED) is 0.793. The van der Waals surface area contributed by atoms with Crippen LogP contribution < -0.4 is 10.6 Å². The van der Waals surface area contributed by atoms with Crippen LogP contribution in [-0.2, 0) is 6.42 Å². The number of fused-ring (bicyclic) bond motifs is 1. The topological polar surface area (TPSA) is 46.3 Å². The van der Waals surface area contributed by atoms with Crippen LogP contribution in [0.2, 0.25) is 0 Å². The summed E-state index contributed by atoms with van der Waals surface area (Å²) in [6.45, 7) is 2.69.